The van der Waals surface area contributed by atoms with Gasteiger partial charge in [0.25, 0.3) is 0 Å². The molecule has 1 aliphatic carbocycles. The summed E-state index contributed by atoms with van der Waals surface area (Å²) in [5.74, 6) is 1.24. The minimum Gasteiger partial charge on any atom is -0.309 e. The van der Waals surface area contributed by atoms with Crippen LogP contribution in [0.4, 0.5) is 0 Å². The number of thiophene rings is 1. The molecule has 0 saturated heterocycles. The summed E-state index contributed by atoms with van der Waals surface area (Å²) < 4.78 is 0. The van der Waals surface area contributed by atoms with Gasteiger partial charge >= 0.3 is 0 Å². The highest BCUT2D eigenvalue weighted by Gasteiger charge is 2.18. The summed E-state index contributed by atoms with van der Waals surface area (Å²) in [6, 6.07) is 2.91. The fourth-order valence-corrected chi connectivity index (χ4v) is 4.90. The molecule has 1 fully saturated rings. The van der Waals surface area contributed by atoms with Gasteiger partial charge < -0.3 is 5.32 Å². The maximum atomic E-state index is 3.72. The maximum absolute atomic E-state index is 3.72. The number of nitrogens with one attached hydrogen (secondary N) is 1. The van der Waals surface area contributed by atoms with E-state index in [1.54, 1.807) is 0 Å². The van der Waals surface area contributed by atoms with E-state index in [0.29, 0.717) is 6.04 Å². The highest BCUT2D eigenvalue weighted by molar-refractivity contribution is 7.99. The van der Waals surface area contributed by atoms with Crippen molar-refractivity contribution >= 4 is 23.1 Å². The minimum absolute atomic E-state index is 0.553. The molecule has 108 valence electrons. The first-order chi connectivity index (χ1) is 9.29. The SMILES string of the molecule is CCCNC(CSC1CCCCC1)c1csc(C)c1. The van der Waals surface area contributed by atoms with E-state index in [1.165, 1.54) is 54.7 Å². The van der Waals surface area contributed by atoms with Crippen molar-refractivity contribution in [2.45, 2.75) is 63.7 Å². The molecular weight excluding hydrogens is 270 g/mol. The van der Waals surface area contributed by atoms with Crippen LogP contribution in [0.5, 0.6) is 0 Å². The number of hydrogen-bond donors (Lipinski definition) is 1. The van der Waals surface area contributed by atoms with Crippen LogP contribution in [0.25, 0.3) is 0 Å². The predicted molar refractivity (Wildman–Crippen MR) is 89.4 cm³/mol. The molecule has 0 bridgehead atoms. The number of rotatable bonds is 7. The highest BCUT2D eigenvalue weighted by Crippen LogP contribution is 2.32. The Morgan fingerprint density at radius 1 is 1.37 bits per heavy atom. The van der Waals surface area contributed by atoms with Crippen molar-refractivity contribution in [3.63, 3.8) is 0 Å². The Hall–Kier alpha value is 0.0100. The zero-order chi connectivity index (χ0) is 13.5. The Morgan fingerprint density at radius 3 is 2.79 bits per heavy atom. The molecule has 1 aromatic heterocycles. The van der Waals surface area contributed by atoms with Gasteiger partial charge in [-0.25, -0.2) is 0 Å². The quantitative estimate of drug-likeness (QED) is 0.745. The van der Waals surface area contributed by atoms with Crippen molar-refractivity contribution in [3.05, 3.63) is 21.9 Å². The third kappa shape index (κ3) is 5.13. The molecule has 0 radical (unpaired) electrons. The molecule has 0 spiro atoms. The Balaban J connectivity index is 1.86. The normalized spacial score (nSPS) is 18.6. The van der Waals surface area contributed by atoms with Crippen molar-refractivity contribution in [2.75, 3.05) is 12.3 Å². The standard InChI is InChI=1S/C16H27NS2/c1-3-9-17-16(14-10-13(2)18-11-14)12-19-15-7-5-4-6-8-15/h10-11,15-17H,3-9,12H2,1-2H3. The number of aryl methyl sites for hydroxylation is 1. The fraction of sp³-hybridized carbons (Fsp3) is 0.750. The first kappa shape index (κ1) is 15.4. The van der Waals surface area contributed by atoms with Crippen LogP contribution >= 0.6 is 23.1 Å². The van der Waals surface area contributed by atoms with E-state index in [1.807, 2.05) is 11.3 Å². The molecule has 1 aliphatic rings. The number of thioether (sulfide) groups is 1. The lowest BCUT2D eigenvalue weighted by molar-refractivity contribution is 0.513. The first-order valence-corrected chi connectivity index (χ1v) is 9.62. The van der Waals surface area contributed by atoms with Gasteiger partial charge in [0.15, 0.2) is 0 Å². The van der Waals surface area contributed by atoms with Gasteiger partial charge in [0, 0.05) is 21.9 Å². The van der Waals surface area contributed by atoms with Crippen molar-refractivity contribution in [1.29, 1.82) is 0 Å². The Kier molecular flexibility index (Phi) is 6.75. The topological polar surface area (TPSA) is 12.0 Å². The molecule has 3 heteroatoms. The van der Waals surface area contributed by atoms with Gasteiger partial charge in [-0.15, -0.1) is 11.3 Å². The second kappa shape index (κ2) is 8.33. The monoisotopic (exact) mass is 297 g/mol. The lowest BCUT2D eigenvalue weighted by atomic mass is 10.0. The van der Waals surface area contributed by atoms with E-state index >= 15 is 0 Å². The Labute approximate surface area is 126 Å². The molecule has 1 nitrogen and oxygen atoms in total. The zero-order valence-corrected chi connectivity index (χ0v) is 13.9. The molecule has 2 rings (SSSR count). The molecular formula is C16H27NS2. The third-order valence-electron chi connectivity index (χ3n) is 3.84. The Bertz CT molecular complexity index is 355. The van der Waals surface area contributed by atoms with Crippen LogP contribution in [0.15, 0.2) is 11.4 Å². The van der Waals surface area contributed by atoms with E-state index in [2.05, 4.69) is 42.4 Å². The van der Waals surface area contributed by atoms with Crippen LogP contribution in [0, 0.1) is 6.92 Å². The summed E-state index contributed by atoms with van der Waals surface area (Å²) >= 11 is 4.08. The second-order valence-corrected chi connectivity index (χ2v) is 8.04. The molecule has 1 N–H and O–H groups in total. The largest absolute Gasteiger partial charge is 0.309 e. The maximum Gasteiger partial charge on any atom is 0.0420 e. The summed E-state index contributed by atoms with van der Waals surface area (Å²) in [6.07, 6.45) is 8.44. The van der Waals surface area contributed by atoms with E-state index in [4.69, 9.17) is 0 Å². The molecule has 19 heavy (non-hydrogen) atoms. The van der Waals surface area contributed by atoms with Gasteiger partial charge in [-0.3, -0.25) is 0 Å². The summed E-state index contributed by atoms with van der Waals surface area (Å²) in [4.78, 5) is 1.43. The van der Waals surface area contributed by atoms with Crippen LogP contribution in [0.2, 0.25) is 0 Å². The molecule has 1 saturated carbocycles. The highest BCUT2D eigenvalue weighted by atomic mass is 32.2. The first-order valence-electron chi connectivity index (χ1n) is 7.69. The molecule has 0 aliphatic heterocycles. The van der Waals surface area contributed by atoms with E-state index in [9.17, 15) is 0 Å². The van der Waals surface area contributed by atoms with Gasteiger partial charge in [0.1, 0.15) is 0 Å². The predicted octanol–water partition coefficient (Wildman–Crippen LogP) is 5.16. The van der Waals surface area contributed by atoms with Gasteiger partial charge in [0.2, 0.25) is 0 Å². The minimum atomic E-state index is 0.553. The zero-order valence-electron chi connectivity index (χ0n) is 12.3. The van der Waals surface area contributed by atoms with Crippen LogP contribution in [-0.2, 0) is 0 Å². The van der Waals surface area contributed by atoms with E-state index < -0.39 is 0 Å². The molecule has 0 aromatic carbocycles. The summed E-state index contributed by atoms with van der Waals surface area (Å²) in [7, 11) is 0. The van der Waals surface area contributed by atoms with Gasteiger partial charge in [-0.05, 0) is 49.7 Å². The van der Waals surface area contributed by atoms with Gasteiger partial charge in [0.05, 0.1) is 0 Å². The Morgan fingerprint density at radius 2 is 2.16 bits per heavy atom. The molecule has 1 heterocycles. The summed E-state index contributed by atoms with van der Waals surface area (Å²) in [6.45, 7) is 5.58. The third-order valence-corrected chi connectivity index (χ3v) is 6.19. The summed E-state index contributed by atoms with van der Waals surface area (Å²) in [5.41, 5.74) is 1.50. The second-order valence-electron chi connectivity index (χ2n) is 5.59. The average molecular weight is 298 g/mol. The molecule has 1 aromatic rings. The van der Waals surface area contributed by atoms with Gasteiger partial charge in [-0.2, -0.15) is 11.8 Å². The summed E-state index contributed by atoms with van der Waals surface area (Å²) in [5, 5.41) is 6.98. The lowest BCUT2D eigenvalue weighted by Gasteiger charge is -2.24. The number of hydrogen-bond acceptors (Lipinski definition) is 3. The van der Waals surface area contributed by atoms with Crippen LogP contribution in [-0.4, -0.2) is 17.5 Å². The van der Waals surface area contributed by atoms with Gasteiger partial charge in [-0.1, -0.05) is 26.2 Å². The van der Waals surface area contributed by atoms with Crippen molar-refractivity contribution in [3.8, 4) is 0 Å². The molecule has 0 amide bonds. The average Bonchev–Trinajstić information content (AvgIpc) is 2.86. The lowest BCUT2D eigenvalue weighted by Crippen LogP contribution is -2.25. The smallest absolute Gasteiger partial charge is 0.0420 e. The van der Waals surface area contributed by atoms with Crippen molar-refractivity contribution in [2.24, 2.45) is 0 Å². The molecule has 1 unspecified atom stereocenters. The van der Waals surface area contributed by atoms with Crippen molar-refractivity contribution in [1.82, 2.24) is 5.32 Å². The van der Waals surface area contributed by atoms with Crippen molar-refractivity contribution < 1.29 is 0 Å². The molecule has 1 atom stereocenters. The van der Waals surface area contributed by atoms with E-state index in [0.717, 1.165) is 11.8 Å². The van der Waals surface area contributed by atoms with Crippen LogP contribution in [0.3, 0.4) is 0 Å². The fourth-order valence-electron chi connectivity index (χ4n) is 2.70. The van der Waals surface area contributed by atoms with E-state index in [-0.39, 0.29) is 0 Å². The van der Waals surface area contributed by atoms with Crippen LogP contribution in [0.1, 0.15) is 61.9 Å². The van der Waals surface area contributed by atoms with Crippen LogP contribution < -0.4 is 5.32 Å².